The number of nitrogens with zero attached hydrogens (tertiary/aromatic N) is 1. The highest BCUT2D eigenvalue weighted by molar-refractivity contribution is 5.97. The molecule has 0 saturated carbocycles. The summed E-state index contributed by atoms with van der Waals surface area (Å²) in [4.78, 5) is 26.7. The van der Waals surface area contributed by atoms with Crippen molar-refractivity contribution in [1.29, 1.82) is 0 Å². The number of hydrogen-bond donors (Lipinski definition) is 2. The van der Waals surface area contributed by atoms with E-state index in [-0.39, 0.29) is 24.2 Å². The van der Waals surface area contributed by atoms with Crippen molar-refractivity contribution in [2.45, 2.75) is 25.8 Å². The summed E-state index contributed by atoms with van der Waals surface area (Å²) in [5.74, 6) is 1.23. The summed E-state index contributed by atoms with van der Waals surface area (Å²) in [6, 6.07) is 8.54. The van der Waals surface area contributed by atoms with Gasteiger partial charge in [-0.05, 0) is 56.8 Å². The van der Waals surface area contributed by atoms with Crippen molar-refractivity contribution in [2.75, 3.05) is 26.2 Å². The minimum atomic E-state index is -0.487. The van der Waals surface area contributed by atoms with Crippen LogP contribution in [0.15, 0.2) is 30.3 Å². The third-order valence-corrected chi connectivity index (χ3v) is 5.09. The van der Waals surface area contributed by atoms with Gasteiger partial charge in [-0.15, -0.1) is 12.4 Å². The van der Waals surface area contributed by atoms with Crippen LogP contribution < -0.4 is 10.6 Å². The van der Waals surface area contributed by atoms with E-state index in [1.54, 1.807) is 19.1 Å². The van der Waals surface area contributed by atoms with Crippen LogP contribution in [0.3, 0.4) is 0 Å². The van der Waals surface area contributed by atoms with Crippen LogP contribution in [0.5, 0.6) is 0 Å². The minimum absolute atomic E-state index is 0. The molecule has 1 aromatic rings. The second kappa shape index (κ2) is 8.49. The van der Waals surface area contributed by atoms with Crippen molar-refractivity contribution < 1.29 is 9.59 Å². The first-order valence-electron chi connectivity index (χ1n) is 8.50. The zero-order chi connectivity index (χ0) is 16.2. The molecule has 2 aliphatic heterocycles. The van der Waals surface area contributed by atoms with Gasteiger partial charge in [0.05, 0.1) is 0 Å². The molecule has 2 saturated heterocycles. The Morgan fingerprint density at radius 2 is 1.71 bits per heavy atom. The van der Waals surface area contributed by atoms with Gasteiger partial charge in [0.1, 0.15) is 6.04 Å². The molecule has 0 bridgehead atoms. The van der Waals surface area contributed by atoms with Crippen LogP contribution in [0.2, 0.25) is 0 Å². The molecule has 2 N–H and O–H groups in total. The van der Waals surface area contributed by atoms with E-state index in [4.69, 9.17) is 0 Å². The maximum absolute atomic E-state index is 12.6. The zero-order valence-electron chi connectivity index (χ0n) is 14.0. The fourth-order valence-corrected chi connectivity index (χ4v) is 3.64. The van der Waals surface area contributed by atoms with E-state index in [2.05, 4.69) is 10.6 Å². The van der Waals surface area contributed by atoms with Crippen LogP contribution in [0.25, 0.3) is 0 Å². The van der Waals surface area contributed by atoms with Crippen molar-refractivity contribution in [3.8, 4) is 0 Å². The van der Waals surface area contributed by atoms with Gasteiger partial charge >= 0.3 is 0 Å². The molecule has 132 valence electrons. The molecule has 3 rings (SSSR count). The molecule has 2 heterocycles. The lowest BCUT2D eigenvalue weighted by Gasteiger charge is -2.25. The number of hydrogen-bond acceptors (Lipinski definition) is 3. The molecule has 2 fully saturated rings. The molecule has 6 heteroatoms. The number of amides is 2. The second-order valence-electron chi connectivity index (χ2n) is 6.64. The fraction of sp³-hybridized carbons (Fsp3) is 0.556. The van der Waals surface area contributed by atoms with E-state index in [9.17, 15) is 9.59 Å². The molecule has 1 aromatic carbocycles. The Kier molecular flexibility index (Phi) is 6.63. The molecule has 3 atom stereocenters. The molecule has 1 unspecified atom stereocenters. The highest BCUT2D eigenvalue weighted by Gasteiger charge is 2.32. The van der Waals surface area contributed by atoms with E-state index in [0.717, 1.165) is 39.0 Å². The molecule has 0 spiro atoms. The molecule has 0 aliphatic carbocycles. The first kappa shape index (κ1) is 18.7. The Hall–Kier alpha value is -1.59. The van der Waals surface area contributed by atoms with E-state index >= 15 is 0 Å². The summed E-state index contributed by atoms with van der Waals surface area (Å²) in [5, 5.41) is 6.26. The van der Waals surface area contributed by atoms with Crippen molar-refractivity contribution in [1.82, 2.24) is 15.5 Å². The molecule has 0 radical (unpaired) electrons. The van der Waals surface area contributed by atoms with Crippen LogP contribution in [0.1, 0.15) is 30.1 Å². The highest BCUT2D eigenvalue weighted by Crippen LogP contribution is 2.27. The average Bonchev–Trinajstić information content (AvgIpc) is 2.93. The number of likely N-dealkylation sites (tertiary alicyclic amines) is 1. The number of benzene rings is 1. The molecule has 5 nitrogen and oxygen atoms in total. The van der Waals surface area contributed by atoms with Crippen molar-refractivity contribution in [3.05, 3.63) is 35.9 Å². The summed E-state index contributed by atoms with van der Waals surface area (Å²) in [5.41, 5.74) is 0.587. The van der Waals surface area contributed by atoms with Gasteiger partial charge in [-0.25, -0.2) is 0 Å². The monoisotopic (exact) mass is 351 g/mol. The van der Waals surface area contributed by atoms with E-state index in [1.807, 2.05) is 23.1 Å². The van der Waals surface area contributed by atoms with Gasteiger partial charge < -0.3 is 15.5 Å². The smallest absolute Gasteiger partial charge is 0.251 e. The largest absolute Gasteiger partial charge is 0.341 e. The van der Waals surface area contributed by atoms with Gasteiger partial charge in [-0.1, -0.05) is 18.2 Å². The summed E-state index contributed by atoms with van der Waals surface area (Å²) in [7, 11) is 0. The number of carbonyl (C=O) groups is 2. The maximum atomic E-state index is 12.6. The van der Waals surface area contributed by atoms with Gasteiger partial charge in [0.2, 0.25) is 5.91 Å². The topological polar surface area (TPSA) is 61.4 Å². The third-order valence-electron chi connectivity index (χ3n) is 5.09. The summed E-state index contributed by atoms with van der Waals surface area (Å²) >= 11 is 0. The Balaban J connectivity index is 0.00000208. The predicted molar refractivity (Wildman–Crippen MR) is 96.3 cm³/mol. The lowest BCUT2D eigenvalue weighted by molar-refractivity contribution is -0.132. The van der Waals surface area contributed by atoms with E-state index in [0.29, 0.717) is 17.4 Å². The van der Waals surface area contributed by atoms with E-state index < -0.39 is 6.04 Å². The molecule has 2 amide bonds. The molecule has 24 heavy (non-hydrogen) atoms. The average molecular weight is 352 g/mol. The van der Waals surface area contributed by atoms with Gasteiger partial charge in [0.25, 0.3) is 5.91 Å². The number of rotatable bonds is 3. The van der Waals surface area contributed by atoms with Crippen LogP contribution in [0.4, 0.5) is 0 Å². The Morgan fingerprint density at radius 1 is 1.12 bits per heavy atom. The number of halogens is 1. The lowest BCUT2D eigenvalue weighted by atomic mass is 9.92. The van der Waals surface area contributed by atoms with Crippen molar-refractivity contribution in [3.63, 3.8) is 0 Å². The Labute approximate surface area is 149 Å². The van der Waals surface area contributed by atoms with Gasteiger partial charge in [-0.2, -0.15) is 0 Å². The standard InChI is InChI=1S/C18H25N3O2.ClH/c1-13(20-17(22)14-5-3-2-4-6-14)18(23)21-9-7-15-11-19-12-16(15)8-10-21;/h2-6,13,15-16,19H,7-12H2,1H3,(H,20,22);1H/t13?,15-,16+;. The van der Waals surface area contributed by atoms with Gasteiger partial charge in [0.15, 0.2) is 0 Å². The van der Waals surface area contributed by atoms with Crippen molar-refractivity contribution >= 4 is 24.2 Å². The number of nitrogens with one attached hydrogen (secondary N) is 2. The normalized spacial score (nSPS) is 24.3. The highest BCUT2D eigenvalue weighted by atomic mass is 35.5. The molecular weight excluding hydrogens is 326 g/mol. The predicted octanol–water partition coefficient (Wildman–Crippen LogP) is 1.68. The van der Waals surface area contributed by atoms with Gasteiger partial charge in [0, 0.05) is 18.7 Å². The molecular formula is C18H26ClN3O2. The molecule has 2 aliphatic rings. The second-order valence-corrected chi connectivity index (χ2v) is 6.64. The van der Waals surface area contributed by atoms with Crippen LogP contribution in [-0.4, -0.2) is 48.9 Å². The number of carbonyl (C=O) groups excluding carboxylic acids is 2. The van der Waals surface area contributed by atoms with Crippen LogP contribution in [0, 0.1) is 11.8 Å². The summed E-state index contributed by atoms with van der Waals surface area (Å²) in [6.45, 7) is 5.52. The Morgan fingerprint density at radius 3 is 2.29 bits per heavy atom. The van der Waals surface area contributed by atoms with Crippen LogP contribution in [-0.2, 0) is 4.79 Å². The van der Waals surface area contributed by atoms with Crippen LogP contribution >= 0.6 is 12.4 Å². The quantitative estimate of drug-likeness (QED) is 0.871. The lowest BCUT2D eigenvalue weighted by Crippen LogP contribution is -2.47. The van der Waals surface area contributed by atoms with Gasteiger partial charge in [-0.3, -0.25) is 9.59 Å². The molecule has 0 aromatic heterocycles. The first-order chi connectivity index (χ1) is 11.1. The van der Waals surface area contributed by atoms with E-state index in [1.165, 1.54) is 0 Å². The third kappa shape index (κ3) is 4.28. The summed E-state index contributed by atoms with van der Waals surface area (Å²) in [6.07, 6.45) is 2.12. The SMILES string of the molecule is CC(NC(=O)c1ccccc1)C(=O)N1CC[C@@H]2CNC[C@@H]2CC1.Cl. The fourth-order valence-electron chi connectivity index (χ4n) is 3.64. The Bertz CT molecular complexity index is 553. The summed E-state index contributed by atoms with van der Waals surface area (Å²) < 4.78 is 0. The zero-order valence-corrected chi connectivity index (χ0v) is 14.8. The minimum Gasteiger partial charge on any atom is -0.341 e. The van der Waals surface area contributed by atoms with Crippen molar-refractivity contribution in [2.24, 2.45) is 11.8 Å². The maximum Gasteiger partial charge on any atom is 0.251 e. The number of fused-ring (bicyclic) bond motifs is 1. The first-order valence-corrected chi connectivity index (χ1v) is 8.50.